The molecular weight excluding hydrogens is 308 g/mol. The van der Waals surface area contributed by atoms with Gasteiger partial charge < -0.3 is 16.0 Å². The second-order valence-corrected chi connectivity index (χ2v) is 7.83. The monoisotopic (exact) mass is 334 g/mol. The van der Waals surface area contributed by atoms with Gasteiger partial charge in [-0.1, -0.05) is 13.8 Å². The van der Waals surface area contributed by atoms with Crippen LogP contribution in [0.25, 0.3) is 0 Å². The van der Waals surface area contributed by atoms with E-state index in [0.717, 1.165) is 6.42 Å². The van der Waals surface area contributed by atoms with Gasteiger partial charge in [0.25, 0.3) is 0 Å². The number of likely N-dealkylation sites (tertiary alicyclic amines) is 1. The normalized spacial score (nSPS) is 20.2. The van der Waals surface area contributed by atoms with E-state index in [9.17, 15) is 18.0 Å². The molecule has 2 amide bonds. The number of hydrogen-bond acceptors (Lipinski definition) is 5. The van der Waals surface area contributed by atoms with Crippen LogP contribution in [0, 0.1) is 5.92 Å². The molecule has 2 atom stereocenters. The Bertz CT molecular complexity index is 506. The van der Waals surface area contributed by atoms with Crippen LogP contribution in [0.5, 0.6) is 0 Å². The molecule has 1 unspecified atom stereocenters. The van der Waals surface area contributed by atoms with E-state index in [0.29, 0.717) is 13.0 Å². The van der Waals surface area contributed by atoms with Gasteiger partial charge in [-0.25, -0.2) is 13.1 Å². The summed E-state index contributed by atoms with van der Waals surface area (Å²) < 4.78 is 25.5. The molecule has 9 heteroatoms. The Morgan fingerprint density at radius 1 is 1.36 bits per heavy atom. The van der Waals surface area contributed by atoms with Crippen LogP contribution in [0.3, 0.4) is 0 Å². The number of sulfonamides is 1. The number of carbonyl (C=O) groups is 2. The minimum absolute atomic E-state index is 0.0181. The van der Waals surface area contributed by atoms with Gasteiger partial charge in [-0.3, -0.25) is 9.59 Å². The molecule has 0 aromatic rings. The van der Waals surface area contributed by atoms with Crippen LogP contribution in [0.4, 0.5) is 0 Å². The zero-order valence-electron chi connectivity index (χ0n) is 13.3. The summed E-state index contributed by atoms with van der Waals surface area (Å²) in [4.78, 5) is 25.5. The second-order valence-electron chi connectivity index (χ2n) is 5.86. The molecule has 0 aromatic heterocycles. The van der Waals surface area contributed by atoms with Gasteiger partial charge in [0, 0.05) is 12.6 Å². The lowest BCUT2D eigenvalue weighted by molar-refractivity contribution is -0.133. The molecule has 1 rings (SSSR count). The Hall–Kier alpha value is -1.19. The number of hydrogen-bond donors (Lipinski definition) is 3. The number of carbonyl (C=O) groups excluding carboxylic acids is 2. The number of rotatable bonds is 7. The molecule has 22 heavy (non-hydrogen) atoms. The minimum Gasteiger partial charge on any atom is -0.346 e. The first-order valence-electron chi connectivity index (χ1n) is 7.42. The van der Waals surface area contributed by atoms with E-state index >= 15 is 0 Å². The van der Waals surface area contributed by atoms with Crippen LogP contribution in [0.2, 0.25) is 0 Å². The zero-order chi connectivity index (χ0) is 16.9. The maximum atomic E-state index is 12.2. The summed E-state index contributed by atoms with van der Waals surface area (Å²) in [5.41, 5.74) is 5.70. The molecule has 8 nitrogen and oxygen atoms in total. The third-order valence-corrected chi connectivity index (χ3v) is 5.30. The fraction of sp³-hybridized carbons (Fsp3) is 0.846. The summed E-state index contributed by atoms with van der Waals surface area (Å²) in [5, 5.41) is 2.52. The molecule has 1 aliphatic heterocycles. The van der Waals surface area contributed by atoms with Crippen molar-refractivity contribution in [1.29, 1.82) is 0 Å². The molecule has 0 spiro atoms. The van der Waals surface area contributed by atoms with Crippen molar-refractivity contribution in [3.05, 3.63) is 0 Å². The molecule has 1 fully saturated rings. The minimum atomic E-state index is -3.38. The molecule has 1 heterocycles. The number of amides is 2. The summed E-state index contributed by atoms with van der Waals surface area (Å²) >= 11 is 0. The SMILES string of the molecule is CNS(=O)(=O)CC1CCCN1C(=O)CNC(=O)[C@@H](N)C(C)C. The third-order valence-electron chi connectivity index (χ3n) is 3.86. The van der Waals surface area contributed by atoms with Crippen molar-refractivity contribution < 1.29 is 18.0 Å². The quantitative estimate of drug-likeness (QED) is 0.530. The van der Waals surface area contributed by atoms with E-state index in [1.165, 1.54) is 11.9 Å². The number of nitrogens with zero attached hydrogens (tertiary/aromatic N) is 1. The Kier molecular flexibility index (Phi) is 6.76. The van der Waals surface area contributed by atoms with Crippen LogP contribution in [-0.2, 0) is 19.6 Å². The first-order valence-corrected chi connectivity index (χ1v) is 9.07. The summed E-state index contributed by atoms with van der Waals surface area (Å²) in [6.45, 7) is 4.00. The maximum Gasteiger partial charge on any atom is 0.242 e. The zero-order valence-corrected chi connectivity index (χ0v) is 14.1. The lowest BCUT2D eigenvalue weighted by Crippen LogP contribution is -2.49. The van der Waals surface area contributed by atoms with E-state index in [1.54, 1.807) is 0 Å². The molecule has 0 aliphatic carbocycles. The molecule has 128 valence electrons. The highest BCUT2D eigenvalue weighted by molar-refractivity contribution is 7.89. The van der Waals surface area contributed by atoms with Crippen molar-refractivity contribution in [3.63, 3.8) is 0 Å². The van der Waals surface area contributed by atoms with Crippen LogP contribution in [-0.4, -0.2) is 63.1 Å². The van der Waals surface area contributed by atoms with Crippen molar-refractivity contribution >= 4 is 21.8 Å². The first-order chi connectivity index (χ1) is 10.2. The highest BCUT2D eigenvalue weighted by Crippen LogP contribution is 2.18. The van der Waals surface area contributed by atoms with E-state index < -0.39 is 16.1 Å². The van der Waals surface area contributed by atoms with E-state index in [-0.39, 0.29) is 36.1 Å². The molecule has 0 radical (unpaired) electrons. The summed E-state index contributed by atoms with van der Waals surface area (Å²) in [5.74, 6) is -0.787. The van der Waals surface area contributed by atoms with Gasteiger partial charge in [-0.15, -0.1) is 0 Å². The topological polar surface area (TPSA) is 122 Å². The first kappa shape index (κ1) is 18.9. The average Bonchev–Trinajstić information content (AvgIpc) is 2.90. The third kappa shape index (κ3) is 5.22. The Labute approximate surface area is 131 Å². The van der Waals surface area contributed by atoms with Crippen molar-refractivity contribution in [2.24, 2.45) is 11.7 Å². The second kappa shape index (κ2) is 7.89. The standard InChI is InChI=1S/C13H26N4O4S/c1-9(2)12(14)13(19)16-7-11(18)17-6-4-5-10(17)8-22(20,21)15-3/h9-10,12,15H,4-8,14H2,1-3H3,(H,16,19)/t10?,12-/m0/s1. The maximum absolute atomic E-state index is 12.2. The Balaban J connectivity index is 2.56. The number of nitrogens with one attached hydrogen (secondary N) is 2. The van der Waals surface area contributed by atoms with Gasteiger partial charge in [0.1, 0.15) is 0 Å². The molecular formula is C13H26N4O4S. The van der Waals surface area contributed by atoms with Crippen molar-refractivity contribution in [3.8, 4) is 0 Å². The molecule has 4 N–H and O–H groups in total. The molecule has 0 saturated carbocycles. The fourth-order valence-electron chi connectivity index (χ4n) is 2.36. The van der Waals surface area contributed by atoms with Crippen LogP contribution in [0.1, 0.15) is 26.7 Å². The van der Waals surface area contributed by atoms with Gasteiger partial charge >= 0.3 is 0 Å². The summed E-state index contributed by atoms with van der Waals surface area (Å²) in [7, 11) is -2.03. The highest BCUT2D eigenvalue weighted by atomic mass is 32.2. The van der Waals surface area contributed by atoms with Gasteiger partial charge in [0.2, 0.25) is 21.8 Å². The van der Waals surface area contributed by atoms with Crippen LogP contribution < -0.4 is 15.8 Å². The van der Waals surface area contributed by atoms with Gasteiger partial charge in [-0.2, -0.15) is 0 Å². The summed E-state index contributed by atoms with van der Waals surface area (Å²) in [6, 6.07) is -1.01. The molecule has 0 bridgehead atoms. The van der Waals surface area contributed by atoms with Crippen LogP contribution >= 0.6 is 0 Å². The van der Waals surface area contributed by atoms with E-state index in [2.05, 4.69) is 10.0 Å². The highest BCUT2D eigenvalue weighted by Gasteiger charge is 2.32. The lowest BCUT2D eigenvalue weighted by atomic mass is 10.1. The number of nitrogens with two attached hydrogens (primary N) is 1. The Morgan fingerprint density at radius 2 is 2.00 bits per heavy atom. The smallest absolute Gasteiger partial charge is 0.242 e. The van der Waals surface area contributed by atoms with Gasteiger partial charge in [-0.05, 0) is 25.8 Å². The van der Waals surface area contributed by atoms with Crippen LogP contribution in [0.15, 0.2) is 0 Å². The fourth-order valence-corrected chi connectivity index (χ4v) is 3.38. The molecule has 1 saturated heterocycles. The predicted octanol–water partition coefficient (Wildman–Crippen LogP) is -1.37. The molecule has 1 aliphatic rings. The average molecular weight is 334 g/mol. The van der Waals surface area contributed by atoms with Crippen molar-refractivity contribution in [2.45, 2.75) is 38.8 Å². The van der Waals surface area contributed by atoms with Crippen molar-refractivity contribution in [1.82, 2.24) is 14.9 Å². The van der Waals surface area contributed by atoms with E-state index in [4.69, 9.17) is 5.73 Å². The van der Waals surface area contributed by atoms with Gasteiger partial charge in [0.05, 0.1) is 18.3 Å². The van der Waals surface area contributed by atoms with Gasteiger partial charge in [0.15, 0.2) is 0 Å². The lowest BCUT2D eigenvalue weighted by Gasteiger charge is -2.25. The van der Waals surface area contributed by atoms with E-state index in [1.807, 2.05) is 13.8 Å². The van der Waals surface area contributed by atoms with Crippen molar-refractivity contribution in [2.75, 3.05) is 25.9 Å². The summed E-state index contributed by atoms with van der Waals surface area (Å²) in [6.07, 6.45) is 1.40. The molecule has 0 aromatic carbocycles. The Morgan fingerprint density at radius 3 is 2.55 bits per heavy atom. The predicted molar refractivity (Wildman–Crippen MR) is 83.4 cm³/mol. The largest absolute Gasteiger partial charge is 0.346 e.